The second-order valence-corrected chi connectivity index (χ2v) is 4.47. The minimum atomic E-state index is 0.244. The van der Waals surface area contributed by atoms with Gasteiger partial charge in [-0.15, -0.1) is 0 Å². The molecule has 0 radical (unpaired) electrons. The summed E-state index contributed by atoms with van der Waals surface area (Å²) in [4.78, 5) is 8.82. The quantitative estimate of drug-likeness (QED) is 0.858. The van der Waals surface area contributed by atoms with E-state index < -0.39 is 0 Å². The van der Waals surface area contributed by atoms with Gasteiger partial charge in [0.25, 0.3) is 0 Å². The van der Waals surface area contributed by atoms with Crippen LogP contribution in [-0.2, 0) is 0 Å². The Kier molecular flexibility index (Phi) is 2.83. The van der Waals surface area contributed by atoms with Crippen LogP contribution in [0.4, 0.5) is 5.82 Å². The Morgan fingerprint density at radius 2 is 1.94 bits per heavy atom. The van der Waals surface area contributed by atoms with Gasteiger partial charge in [0.15, 0.2) is 5.82 Å². The molecule has 2 aromatic rings. The van der Waals surface area contributed by atoms with E-state index in [0.717, 1.165) is 22.9 Å². The molecule has 17 heavy (non-hydrogen) atoms. The summed E-state index contributed by atoms with van der Waals surface area (Å²) in [7, 11) is 0. The Bertz CT molecular complexity index is 542. The molecule has 5 heteroatoms. The lowest BCUT2D eigenvalue weighted by atomic mass is 10.2. The predicted molar refractivity (Wildman–Crippen MR) is 67.1 cm³/mol. The summed E-state index contributed by atoms with van der Waals surface area (Å²) in [6.07, 6.45) is 1.88. The van der Waals surface area contributed by atoms with E-state index >= 15 is 0 Å². The summed E-state index contributed by atoms with van der Waals surface area (Å²) in [5.41, 5.74) is 7.72. The van der Waals surface area contributed by atoms with Crippen molar-refractivity contribution in [2.75, 3.05) is 5.73 Å². The molecule has 0 amide bonds. The standard InChI is InChI=1S/C12H17N5/c1-7(2)11-14-10(13)9(4)12(15-11)17-6-5-8(3)16-17/h5-7H,1-4H3,(H2,13,14,15). The lowest BCUT2D eigenvalue weighted by molar-refractivity contribution is 0.740. The second kappa shape index (κ2) is 4.16. The van der Waals surface area contributed by atoms with E-state index in [1.807, 2.05) is 40.0 Å². The van der Waals surface area contributed by atoms with Gasteiger partial charge in [0, 0.05) is 17.7 Å². The molecule has 90 valence electrons. The summed E-state index contributed by atoms with van der Waals surface area (Å²) < 4.78 is 1.74. The summed E-state index contributed by atoms with van der Waals surface area (Å²) in [6.45, 7) is 7.94. The third-order valence-corrected chi connectivity index (χ3v) is 2.63. The van der Waals surface area contributed by atoms with Crippen LogP contribution in [0.15, 0.2) is 12.3 Å². The molecule has 0 aliphatic heterocycles. The summed E-state index contributed by atoms with van der Waals surface area (Å²) >= 11 is 0. The minimum Gasteiger partial charge on any atom is -0.383 e. The van der Waals surface area contributed by atoms with Crippen LogP contribution < -0.4 is 5.73 Å². The molecule has 2 rings (SSSR count). The van der Waals surface area contributed by atoms with Gasteiger partial charge in [-0.1, -0.05) is 13.8 Å². The zero-order chi connectivity index (χ0) is 12.6. The van der Waals surface area contributed by atoms with E-state index in [2.05, 4.69) is 15.1 Å². The van der Waals surface area contributed by atoms with Gasteiger partial charge in [0.1, 0.15) is 11.6 Å². The van der Waals surface area contributed by atoms with E-state index in [-0.39, 0.29) is 5.92 Å². The molecule has 0 spiro atoms. The van der Waals surface area contributed by atoms with Gasteiger partial charge in [-0.2, -0.15) is 5.10 Å². The highest BCUT2D eigenvalue weighted by molar-refractivity contribution is 5.48. The smallest absolute Gasteiger partial charge is 0.162 e. The fourth-order valence-corrected chi connectivity index (χ4v) is 1.55. The summed E-state index contributed by atoms with van der Waals surface area (Å²) in [5.74, 6) is 2.27. The van der Waals surface area contributed by atoms with Crippen molar-refractivity contribution < 1.29 is 0 Å². The number of nitrogen functional groups attached to an aromatic ring is 1. The molecule has 0 fully saturated rings. The molecule has 0 saturated heterocycles. The van der Waals surface area contributed by atoms with Gasteiger partial charge in [0.2, 0.25) is 0 Å². The van der Waals surface area contributed by atoms with Crippen molar-refractivity contribution in [3.63, 3.8) is 0 Å². The highest BCUT2D eigenvalue weighted by Gasteiger charge is 2.13. The topological polar surface area (TPSA) is 69.6 Å². The zero-order valence-corrected chi connectivity index (χ0v) is 10.6. The molecular weight excluding hydrogens is 214 g/mol. The lowest BCUT2D eigenvalue weighted by Gasteiger charge is -2.11. The first-order valence-electron chi connectivity index (χ1n) is 5.65. The Morgan fingerprint density at radius 1 is 1.24 bits per heavy atom. The second-order valence-electron chi connectivity index (χ2n) is 4.47. The molecule has 0 saturated carbocycles. The zero-order valence-electron chi connectivity index (χ0n) is 10.6. The number of aromatic nitrogens is 4. The van der Waals surface area contributed by atoms with E-state index in [1.165, 1.54) is 0 Å². The molecule has 2 aromatic heterocycles. The SMILES string of the molecule is Cc1ccn(-c2nc(C(C)C)nc(N)c2C)n1. The third-order valence-electron chi connectivity index (χ3n) is 2.63. The maximum absolute atomic E-state index is 5.91. The molecule has 0 aromatic carbocycles. The monoisotopic (exact) mass is 231 g/mol. The fourth-order valence-electron chi connectivity index (χ4n) is 1.55. The van der Waals surface area contributed by atoms with Gasteiger partial charge < -0.3 is 5.73 Å². The van der Waals surface area contributed by atoms with Crippen LogP contribution in [-0.4, -0.2) is 19.7 Å². The van der Waals surface area contributed by atoms with Crippen molar-refractivity contribution in [2.24, 2.45) is 0 Å². The van der Waals surface area contributed by atoms with Gasteiger partial charge in [0.05, 0.1) is 5.69 Å². The van der Waals surface area contributed by atoms with Crippen LogP contribution in [0, 0.1) is 13.8 Å². The van der Waals surface area contributed by atoms with Crippen molar-refractivity contribution in [3.8, 4) is 5.82 Å². The Balaban J connectivity index is 2.60. The van der Waals surface area contributed by atoms with Crippen LogP contribution in [0.1, 0.15) is 36.8 Å². The third kappa shape index (κ3) is 2.13. The van der Waals surface area contributed by atoms with Crippen molar-refractivity contribution >= 4 is 5.82 Å². The van der Waals surface area contributed by atoms with E-state index in [1.54, 1.807) is 4.68 Å². The molecular formula is C12H17N5. The molecule has 2 N–H and O–H groups in total. The summed E-state index contributed by atoms with van der Waals surface area (Å²) in [6, 6.07) is 1.94. The lowest BCUT2D eigenvalue weighted by Crippen LogP contribution is -2.10. The Hall–Kier alpha value is -1.91. The van der Waals surface area contributed by atoms with Crippen molar-refractivity contribution in [2.45, 2.75) is 33.6 Å². The number of rotatable bonds is 2. The first kappa shape index (κ1) is 11.6. The highest BCUT2D eigenvalue weighted by Crippen LogP contribution is 2.19. The number of hydrogen-bond donors (Lipinski definition) is 1. The van der Waals surface area contributed by atoms with E-state index in [0.29, 0.717) is 5.82 Å². The van der Waals surface area contributed by atoms with Gasteiger partial charge in [-0.25, -0.2) is 14.6 Å². The average molecular weight is 231 g/mol. The molecule has 0 aliphatic rings. The minimum absolute atomic E-state index is 0.244. The van der Waals surface area contributed by atoms with Gasteiger partial charge in [-0.3, -0.25) is 0 Å². The number of anilines is 1. The maximum Gasteiger partial charge on any atom is 0.162 e. The van der Waals surface area contributed by atoms with Gasteiger partial charge >= 0.3 is 0 Å². The Morgan fingerprint density at radius 3 is 2.47 bits per heavy atom. The van der Waals surface area contributed by atoms with Crippen LogP contribution >= 0.6 is 0 Å². The molecule has 0 unspecified atom stereocenters. The van der Waals surface area contributed by atoms with Crippen molar-refractivity contribution in [3.05, 3.63) is 29.3 Å². The fraction of sp³-hybridized carbons (Fsp3) is 0.417. The number of nitrogens with two attached hydrogens (primary N) is 1. The maximum atomic E-state index is 5.91. The number of nitrogens with zero attached hydrogens (tertiary/aromatic N) is 4. The normalized spacial score (nSPS) is 11.1. The molecule has 0 atom stereocenters. The predicted octanol–water partition coefficient (Wildman–Crippen LogP) is 1.98. The van der Waals surface area contributed by atoms with Crippen LogP contribution in [0.25, 0.3) is 5.82 Å². The van der Waals surface area contributed by atoms with Crippen molar-refractivity contribution in [1.82, 2.24) is 19.7 Å². The molecule has 2 heterocycles. The average Bonchev–Trinajstić information content (AvgIpc) is 2.68. The first-order chi connectivity index (χ1) is 7.99. The van der Waals surface area contributed by atoms with Crippen molar-refractivity contribution in [1.29, 1.82) is 0 Å². The number of hydrogen-bond acceptors (Lipinski definition) is 4. The number of aryl methyl sites for hydroxylation is 1. The Labute approximate surface area is 101 Å². The first-order valence-corrected chi connectivity index (χ1v) is 5.65. The van der Waals surface area contributed by atoms with E-state index in [9.17, 15) is 0 Å². The molecule has 0 bridgehead atoms. The summed E-state index contributed by atoms with van der Waals surface area (Å²) in [5, 5.41) is 4.35. The van der Waals surface area contributed by atoms with Crippen LogP contribution in [0.2, 0.25) is 0 Å². The van der Waals surface area contributed by atoms with Gasteiger partial charge in [-0.05, 0) is 19.9 Å². The van der Waals surface area contributed by atoms with Crippen LogP contribution in [0.3, 0.4) is 0 Å². The van der Waals surface area contributed by atoms with E-state index in [4.69, 9.17) is 5.73 Å². The molecule has 5 nitrogen and oxygen atoms in total. The highest BCUT2D eigenvalue weighted by atomic mass is 15.3. The largest absolute Gasteiger partial charge is 0.383 e. The van der Waals surface area contributed by atoms with Crippen LogP contribution in [0.5, 0.6) is 0 Å². The molecule has 0 aliphatic carbocycles.